The predicted octanol–water partition coefficient (Wildman–Crippen LogP) is 7.82. The molecule has 0 saturated carbocycles. The van der Waals surface area contributed by atoms with Gasteiger partial charge in [-0.05, 0) is 104 Å². The Bertz CT molecular complexity index is 2560. The Kier molecular flexibility index (Phi) is 11.2. The molecule has 3 N–H and O–H groups in total. The van der Waals surface area contributed by atoms with E-state index in [-0.39, 0.29) is 24.1 Å². The molecule has 8 rings (SSSR count). The van der Waals surface area contributed by atoms with E-state index in [9.17, 15) is 14.4 Å². The van der Waals surface area contributed by atoms with Crippen LogP contribution in [0.5, 0.6) is 5.75 Å². The molecule has 0 fully saturated rings. The lowest BCUT2D eigenvalue weighted by Gasteiger charge is -2.13. The largest absolute Gasteiger partial charge is 0.491 e. The van der Waals surface area contributed by atoms with Gasteiger partial charge in [-0.15, -0.1) is 21.5 Å². The summed E-state index contributed by atoms with van der Waals surface area (Å²) >= 11 is 7.90. The lowest BCUT2D eigenvalue weighted by molar-refractivity contribution is -0.117. The molecule has 2 aliphatic rings. The number of ether oxygens (including phenoxy) is 2. The number of anilines is 2. The first-order valence-corrected chi connectivity index (χ1v) is 20.1. The van der Waals surface area contributed by atoms with Gasteiger partial charge in [0.1, 0.15) is 29.2 Å². The van der Waals surface area contributed by atoms with Gasteiger partial charge in [0.05, 0.1) is 31.8 Å². The number of rotatable bonds is 13. The quantitative estimate of drug-likeness (QED) is 0.101. The van der Waals surface area contributed by atoms with Gasteiger partial charge in [0.25, 0.3) is 5.91 Å². The van der Waals surface area contributed by atoms with Crippen molar-refractivity contribution in [3.8, 4) is 21.9 Å². The van der Waals surface area contributed by atoms with Crippen LogP contribution in [0.1, 0.15) is 61.6 Å². The van der Waals surface area contributed by atoms with E-state index in [2.05, 4.69) is 40.0 Å². The Balaban J connectivity index is 0.810. The lowest BCUT2D eigenvalue weighted by atomic mass is 9.99. The Labute approximate surface area is 344 Å². The summed E-state index contributed by atoms with van der Waals surface area (Å²) in [5, 5.41) is 19.2. The maximum absolute atomic E-state index is 13.5. The van der Waals surface area contributed by atoms with Gasteiger partial charge >= 0.3 is 0 Å². The van der Waals surface area contributed by atoms with Crippen molar-refractivity contribution in [1.29, 1.82) is 0 Å². The summed E-state index contributed by atoms with van der Waals surface area (Å²) in [5.41, 5.74) is 8.62. The average molecular weight is 814 g/mol. The Morgan fingerprint density at radius 3 is 2.50 bits per heavy atom. The number of nitrogens with one attached hydrogen (secondary N) is 3. The van der Waals surface area contributed by atoms with Gasteiger partial charge in [0.15, 0.2) is 5.82 Å². The number of aliphatic imine (C=N–C) groups is 1. The summed E-state index contributed by atoms with van der Waals surface area (Å²) in [6, 6.07) is 27.4. The van der Waals surface area contributed by atoms with Crippen LogP contribution in [-0.2, 0) is 20.7 Å². The van der Waals surface area contributed by atoms with Gasteiger partial charge in [0.2, 0.25) is 11.8 Å². The van der Waals surface area contributed by atoms with Crippen LogP contribution < -0.4 is 20.7 Å². The fourth-order valence-corrected chi connectivity index (χ4v) is 8.40. The third-order valence-electron chi connectivity index (χ3n) is 10.1. The van der Waals surface area contributed by atoms with E-state index >= 15 is 0 Å². The molecule has 6 aromatic rings. The van der Waals surface area contributed by atoms with Gasteiger partial charge in [-0.2, -0.15) is 0 Å². The SMILES string of the molecule is Cc1sc2c(c1C)C(c1ccc(Cl)cc1)=NC(CC(=O)Nc1ccc(OCCOCCNC(=O)c3cccc(-c4ccc5c(c4)CC(=O)N5)c3)cc1)c1nnc(C)n1-2. The highest BCUT2D eigenvalue weighted by Crippen LogP contribution is 2.40. The molecule has 1 atom stereocenters. The first-order chi connectivity index (χ1) is 28.1. The third-order valence-corrected chi connectivity index (χ3v) is 11.5. The van der Waals surface area contributed by atoms with E-state index in [1.165, 1.54) is 4.88 Å². The summed E-state index contributed by atoms with van der Waals surface area (Å²) < 4.78 is 13.5. The van der Waals surface area contributed by atoms with E-state index in [1.807, 2.05) is 72.2 Å². The molecule has 0 bridgehead atoms. The van der Waals surface area contributed by atoms with Crippen LogP contribution in [0.3, 0.4) is 0 Å². The molecule has 294 valence electrons. The maximum atomic E-state index is 13.5. The summed E-state index contributed by atoms with van der Waals surface area (Å²) in [6.07, 6.45) is 0.415. The number of carbonyl (C=O) groups is 3. The van der Waals surface area contributed by atoms with Gasteiger partial charge in [-0.3, -0.25) is 23.9 Å². The Morgan fingerprint density at radius 1 is 0.914 bits per heavy atom. The van der Waals surface area contributed by atoms with Crippen LogP contribution in [0.25, 0.3) is 16.1 Å². The number of hydrogen-bond acceptors (Lipinski definition) is 9. The average Bonchev–Trinajstić information content (AvgIpc) is 3.86. The van der Waals surface area contributed by atoms with Crippen molar-refractivity contribution in [3.63, 3.8) is 0 Å². The number of benzene rings is 4. The molecule has 3 amide bonds. The minimum Gasteiger partial charge on any atom is -0.491 e. The Hall–Kier alpha value is -6.15. The van der Waals surface area contributed by atoms with Crippen molar-refractivity contribution in [2.75, 3.05) is 37.0 Å². The number of fused-ring (bicyclic) bond motifs is 4. The number of nitrogens with zero attached hydrogens (tertiary/aromatic N) is 4. The van der Waals surface area contributed by atoms with Crippen LogP contribution in [0.2, 0.25) is 5.02 Å². The molecular formula is C44H40ClN7O5S. The van der Waals surface area contributed by atoms with Crippen LogP contribution >= 0.6 is 22.9 Å². The number of halogens is 1. The van der Waals surface area contributed by atoms with Gasteiger partial charge in [0, 0.05) is 44.5 Å². The highest BCUT2D eigenvalue weighted by atomic mass is 35.5. The minimum atomic E-state index is -0.582. The van der Waals surface area contributed by atoms with Crippen LogP contribution in [0.4, 0.5) is 11.4 Å². The van der Waals surface area contributed by atoms with Gasteiger partial charge < -0.3 is 25.4 Å². The summed E-state index contributed by atoms with van der Waals surface area (Å²) in [4.78, 5) is 44.4. The van der Waals surface area contributed by atoms with E-state index in [0.717, 1.165) is 55.6 Å². The number of hydrogen-bond donors (Lipinski definition) is 3. The second kappa shape index (κ2) is 16.8. The second-order valence-electron chi connectivity index (χ2n) is 14.1. The number of carbonyl (C=O) groups excluding carboxylic acids is 3. The third kappa shape index (κ3) is 8.28. The van der Waals surface area contributed by atoms with Crippen molar-refractivity contribution < 1.29 is 23.9 Å². The van der Waals surface area contributed by atoms with Gasteiger partial charge in [-0.1, -0.05) is 41.9 Å². The molecule has 1 unspecified atom stereocenters. The Morgan fingerprint density at radius 2 is 1.69 bits per heavy atom. The maximum Gasteiger partial charge on any atom is 0.251 e. The fraction of sp³-hybridized carbons (Fsp3) is 0.227. The molecule has 58 heavy (non-hydrogen) atoms. The monoisotopic (exact) mass is 813 g/mol. The zero-order valence-electron chi connectivity index (χ0n) is 32.1. The number of amides is 3. The normalized spacial score (nSPS) is 14.1. The predicted molar refractivity (Wildman–Crippen MR) is 226 cm³/mol. The number of thiophene rings is 1. The van der Waals surface area contributed by atoms with Crippen molar-refractivity contribution in [1.82, 2.24) is 20.1 Å². The van der Waals surface area contributed by atoms with Crippen molar-refractivity contribution >= 4 is 57.7 Å². The fourth-order valence-electron chi connectivity index (χ4n) is 7.06. The molecule has 14 heteroatoms. The first-order valence-electron chi connectivity index (χ1n) is 18.9. The molecule has 4 heterocycles. The zero-order chi connectivity index (χ0) is 40.3. The molecule has 12 nitrogen and oxygen atoms in total. The topological polar surface area (TPSA) is 149 Å². The molecule has 0 radical (unpaired) electrons. The van der Waals surface area contributed by atoms with Gasteiger partial charge in [-0.25, -0.2) is 0 Å². The van der Waals surface area contributed by atoms with Crippen molar-refractivity contribution in [3.05, 3.63) is 140 Å². The standard InChI is InChI=1S/C44H40ClN7O5S/c1-25-26(2)58-44-40(25)41(28-7-10-33(45)11-8-28)49-37(42-51-50-27(3)52(42)44)24-39(54)47-34-12-14-35(15-13-34)57-20-19-56-18-17-46-43(55)31-6-4-5-29(21-31)30-9-16-36-32(22-30)23-38(53)48-36/h4-16,21-22,37H,17-20,23-24H2,1-3H3,(H,46,55)(H,47,54)(H,48,53). The van der Waals surface area contributed by atoms with E-state index < -0.39 is 6.04 Å². The van der Waals surface area contributed by atoms with E-state index in [1.54, 1.807) is 41.7 Å². The molecule has 4 aromatic carbocycles. The van der Waals surface area contributed by atoms with Crippen LogP contribution in [0.15, 0.2) is 96.0 Å². The lowest BCUT2D eigenvalue weighted by Crippen LogP contribution is -2.27. The molecular weight excluding hydrogens is 774 g/mol. The molecule has 2 aromatic heterocycles. The summed E-state index contributed by atoms with van der Waals surface area (Å²) in [7, 11) is 0. The molecule has 0 spiro atoms. The first kappa shape index (κ1) is 38.7. The molecule has 2 aliphatic heterocycles. The second-order valence-corrected chi connectivity index (χ2v) is 15.7. The molecule has 0 aliphatic carbocycles. The number of aromatic nitrogens is 3. The van der Waals surface area contributed by atoms with Crippen molar-refractivity contribution in [2.24, 2.45) is 4.99 Å². The van der Waals surface area contributed by atoms with E-state index in [4.69, 9.17) is 26.1 Å². The minimum absolute atomic E-state index is 0.0138. The van der Waals surface area contributed by atoms with Crippen LogP contribution in [0, 0.1) is 20.8 Å². The van der Waals surface area contributed by atoms with E-state index in [0.29, 0.717) is 60.6 Å². The highest BCUT2D eigenvalue weighted by Gasteiger charge is 2.32. The zero-order valence-corrected chi connectivity index (χ0v) is 33.7. The highest BCUT2D eigenvalue weighted by molar-refractivity contribution is 7.15. The van der Waals surface area contributed by atoms with Crippen LogP contribution in [-0.4, -0.2) is 64.6 Å². The smallest absolute Gasteiger partial charge is 0.251 e. The number of aryl methyl sites for hydroxylation is 2. The summed E-state index contributed by atoms with van der Waals surface area (Å²) in [6.45, 7) is 7.39. The van der Waals surface area contributed by atoms with Crippen molar-refractivity contribution in [2.45, 2.75) is 39.7 Å². The molecule has 0 saturated heterocycles. The summed E-state index contributed by atoms with van der Waals surface area (Å²) in [5.74, 6) is 1.54.